The molecular weight excluding hydrogens is 624 g/mol. The van der Waals surface area contributed by atoms with Crippen molar-refractivity contribution in [1.82, 2.24) is 0 Å². The molecule has 0 spiro atoms. The molecule has 48 heavy (non-hydrogen) atoms. The molecule has 0 N–H and O–H groups in total. The molecule has 0 aromatic heterocycles. The van der Waals surface area contributed by atoms with Crippen molar-refractivity contribution in [1.29, 1.82) is 0 Å². The number of anilines is 2. The number of hydrogen-bond acceptors (Lipinski definition) is 10. The summed E-state index contributed by atoms with van der Waals surface area (Å²) in [5.41, 5.74) is 16.9. The number of hydrogen-bond donors (Lipinski definition) is 0. The monoisotopic (exact) mass is 648 g/mol. The molecule has 0 bridgehead atoms. The number of carbonyl (C=O) groups excluding carboxylic acids is 4. The van der Waals surface area contributed by atoms with Crippen LogP contribution in [0.2, 0.25) is 0 Å². The average molecular weight is 649 g/mol. The number of imide groups is 2. The van der Waals surface area contributed by atoms with Crippen LogP contribution in [-0.4, -0.2) is 52.1 Å². The maximum absolute atomic E-state index is 14.5. The Hall–Kier alpha value is -7.02. The maximum Gasteiger partial charge on any atom is 0.267 e. The second kappa shape index (κ2) is 13.5. The number of carbonyl (C=O) groups is 4. The van der Waals surface area contributed by atoms with Crippen molar-refractivity contribution >= 4 is 46.4 Å². The highest BCUT2D eigenvalue weighted by Gasteiger charge is 2.40. The second-order valence-corrected chi connectivity index (χ2v) is 9.75. The van der Waals surface area contributed by atoms with Gasteiger partial charge in [-0.05, 0) is 59.6 Å². The molecule has 0 fully saturated rings. The molecule has 0 saturated heterocycles. The van der Waals surface area contributed by atoms with Crippen LogP contribution in [0.3, 0.4) is 0 Å². The SMILES string of the molecule is COc1cc(N=[N+]=[N-])c(C(=O)N2C(=O)c3ccccc3N(C(=O)c3cc(OC)c(OC)cc3N=[N+]=[N-])C(=O)c3ccccc32)cc1OC. The quantitative estimate of drug-likeness (QED) is 0.0847. The van der Waals surface area contributed by atoms with Gasteiger partial charge < -0.3 is 18.9 Å². The first-order chi connectivity index (χ1) is 23.2. The molecular formula is C32H24N8O8. The van der Waals surface area contributed by atoms with E-state index in [-0.39, 0.29) is 68.0 Å². The standard InChI is InChI=1S/C32H24N8O8/c1-45-25-13-19(21(35-37-33)15-27(25)47-3)31(43)39-23-11-7-5-9-17(23)30(42)40(24-12-8-6-10-18(24)29(39)41)32(44)20-14-26(46-2)28(48-4)16-22(20)36-38-34/h5-16H,1-4H3. The highest BCUT2D eigenvalue weighted by molar-refractivity contribution is 6.36. The van der Waals surface area contributed by atoms with Crippen LogP contribution in [0, 0.1) is 0 Å². The Kier molecular flexibility index (Phi) is 9.13. The molecule has 0 radical (unpaired) electrons. The van der Waals surface area contributed by atoms with E-state index in [1.54, 1.807) is 0 Å². The topological polar surface area (TPSA) is 209 Å². The zero-order valence-corrected chi connectivity index (χ0v) is 25.8. The lowest BCUT2D eigenvalue weighted by Crippen LogP contribution is -2.45. The summed E-state index contributed by atoms with van der Waals surface area (Å²) in [7, 11) is 5.37. The van der Waals surface area contributed by atoms with Gasteiger partial charge >= 0.3 is 0 Å². The first kappa shape index (κ1) is 32.4. The molecule has 4 amide bonds. The van der Waals surface area contributed by atoms with Gasteiger partial charge in [0, 0.05) is 9.82 Å². The number of ether oxygens (including phenoxy) is 4. The number of azide groups is 2. The zero-order chi connectivity index (χ0) is 34.5. The fourth-order valence-electron chi connectivity index (χ4n) is 5.14. The van der Waals surface area contributed by atoms with Crippen LogP contribution in [0.25, 0.3) is 20.9 Å². The maximum atomic E-state index is 14.5. The van der Waals surface area contributed by atoms with Gasteiger partial charge in [0.2, 0.25) is 0 Å². The Morgan fingerprint density at radius 2 is 0.917 bits per heavy atom. The van der Waals surface area contributed by atoms with Gasteiger partial charge in [-0.2, -0.15) is 0 Å². The molecule has 5 rings (SSSR count). The zero-order valence-electron chi connectivity index (χ0n) is 25.8. The largest absolute Gasteiger partial charge is 0.493 e. The highest BCUT2D eigenvalue weighted by atomic mass is 16.5. The summed E-state index contributed by atoms with van der Waals surface area (Å²) in [6.45, 7) is 0. The fourth-order valence-corrected chi connectivity index (χ4v) is 5.14. The Labute approximate surface area is 271 Å². The Morgan fingerprint density at radius 1 is 0.583 bits per heavy atom. The van der Waals surface area contributed by atoms with Gasteiger partial charge in [-0.15, -0.1) is 0 Å². The molecule has 4 aromatic carbocycles. The van der Waals surface area contributed by atoms with Crippen LogP contribution in [-0.2, 0) is 0 Å². The molecule has 0 unspecified atom stereocenters. The number of amides is 4. The third kappa shape index (κ3) is 5.51. The van der Waals surface area contributed by atoms with Crippen molar-refractivity contribution in [2.24, 2.45) is 10.2 Å². The van der Waals surface area contributed by atoms with Crippen molar-refractivity contribution in [3.8, 4) is 23.0 Å². The fraction of sp³-hybridized carbons (Fsp3) is 0.125. The molecule has 240 valence electrons. The summed E-state index contributed by atoms with van der Waals surface area (Å²) in [6, 6.07) is 16.4. The molecule has 1 heterocycles. The number of methoxy groups -OCH3 is 4. The number of para-hydroxylation sites is 2. The van der Waals surface area contributed by atoms with E-state index in [0.717, 1.165) is 9.80 Å². The van der Waals surface area contributed by atoms with Gasteiger partial charge in [0.25, 0.3) is 23.6 Å². The predicted octanol–water partition coefficient (Wildman–Crippen LogP) is 6.89. The summed E-state index contributed by atoms with van der Waals surface area (Å²) >= 11 is 0. The molecule has 0 saturated carbocycles. The van der Waals surface area contributed by atoms with E-state index in [0.29, 0.717) is 0 Å². The Bertz CT molecular complexity index is 1950. The van der Waals surface area contributed by atoms with E-state index in [1.165, 1.54) is 101 Å². The lowest BCUT2D eigenvalue weighted by molar-refractivity contribution is 0.0894. The predicted molar refractivity (Wildman–Crippen MR) is 172 cm³/mol. The Balaban J connectivity index is 1.76. The third-order valence-electron chi connectivity index (χ3n) is 7.33. The van der Waals surface area contributed by atoms with Crippen LogP contribution in [0.5, 0.6) is 23.0 Å². The molecule has 0 atom stereocenters. The molecule has 1 aliphatic heterocycles. The van der Waals surface area contributed by atoms with E-state index in [9.17, 15) is 30.2 Å². The normalized spacial score (nSPS) is 11.9. The van der Waals surface area contributed by atoms with E-state index in [4.69, 9.17) is 18.9 Å². The number of benzene rings is 4. The molecule has 4 aromatic rings. The average Bonchev–Trinajstić information content (AvgIpc) is 3.11. The van der Waals surface area contributed by atoms with Gasteiger partial charge in [0.15, 0.2) is 23.0 Å². The lowest BCUT2D eigenvalue weighted by atomic mass is 10.00. The van der Waals surface area contributed by atoms with Crippen LogP contribution in [0.4, 0.5) is 22.7 Å². The van der Waals surface area contributed by atoms with Crippen molar-refractivity contribution in [3.63, 3.8) is 0 Å². The molecule has 16 nitrogen and oxygen atoms in total. The third-order valence-corrected chi connectivity index (χ3v) is 7.33. The molecule has 16 heteroatoms. The number of nitrogens with zero attached hydrogens (tertiary/aromatic N) is 8. The first-order valence-corrected chi connectivity index (χ1v) is 13.8. The smallest absolute Gasteiger partial charge is 0.267 e. The summed E-state index contributed by atoms with van der Waals surface area (Å²) in [6.07, 6.45) is 0. The minimum absolute atomic E-state index is 0.101. The summed E-state index contributed by atoms with van der Waals surface area (Å²) in [5, 5.41) is 7.24. The van der Waals surface area contributed by atoms with Crippen LogP contribution >= 0.6 is 0 Å². The highest BCUT2D eigenvalue weighted by Crippen LogP contribution is 2.41. The number of rotatable bonds is 8. The van der Waals surface area contributed by atoms with Crippen molar-refractivity contribution in [2.45, 2.75) is 0 Å². The number of fused-ring (bicyclic) bond motifs is 2. The van der Waals surface area contributed by atoms with Gasteiger partial charge in [-0.3, -0.25) is 19.2 Å². The minimum atomic E-state index is -0.969. The molecule has 0 aliphatic carbocycles. The minimum Gasteiger partial charge on any atom is -0.493 e. The second-order valence-electron chi connectivity index (χ2n) is 9.75. The van der Waals surface area contributed by atoms with Gasteiger partial charge in [0.1, 0.15) is 0 Å². The van der Waals surface area contributed by atoms with Crippen LogP contribution in [0.1, 0.15) is 41.4 Å². The van der Waals surface area contributed by atoms with Crippen LogP contribution < -0.4 is 28.7 Å². The van der Waals surface area contributed by atoms with Gasteiger partial charge in [-0.25, -0.2) is 9.80 Å². The van der Waals surface area contributed by atoms with Crippen molar-refractivity contribution < 1.29 is 38.1 Å². The van der Waals surface area contributed by atoms with E-state index in [1.807, 2.05) is 0 Å². The van der Waals surface area contributed by atoms with Gasteiger partial charge in [-0.1, -0.05) is 34.5 Å². The summed E-state index contributed by atoms with van der Waals surface area (Å²) in [4.78, 5) is 64.8. The summed E-state index contributed by atoms with van der Waals surface area (Å²) < 4.78 is 21.2. The van der Waals surface area contributed by atoms with Crippen LogP contribution in [0.15, 0.2) is 83.0 Å². The van der Waals surface area contributed by atoms with Crippen molar-refractivity contribution in [2.75, 3.05) is 38.2 Å². The first-order valence-electron chi connectivity index (χ1n) is 13.8. The van der Waals surface area contributed by atoms with E-state index in [2.05, 4.69) is 20.1 Å². The van der Waals surface area contributed by atoms with E-state index < -0.39 is 23.6 Å². The summed E-state index contributed by atoms with van der Waals surface area (Å²) in [5.74, 6) is -3.27. The lowest BCUT2D eigenvalue weighted by Gasteiger charge is -2.31. The van der Waals surface area contributed by atoms with E-state index >= 15 is 0 Å². The Morgan fingerprint density at radius 3 is 1.25 bits per heavy atom. The molecule has 1 aliphatic rings. The van der Waals surface area contributed by atoms with Gasteiger partial charge in [0.05, 0.1) is 73.4 Å². The van der Waals surface area contributed by atoms with Crippen molar-refractivity contribution in [3.05, 3.63) is 116 Å².